The smallest absolute Gasteiger partial charge is 0.243 e. The highest BCUT2D eigenvalue weighted by molar-refractivity contribution is 7.92. The summed E-state index contributed by atoms with van der Waals surface area (Å²) in [6.45, 7) is 6.53. The maximum absolute atomic E-state index is 12.5. The lowest BCUT2D eigenvalue weighted by atomic mass is 10.1. The minimum Gasteiger partial charge on any atom is -0.376 e. The van der Waals surface area contributed by atoms with E-state index in [1.807, 2.05) is 19.9 Å². The van der Waals surface area contributed by atoms with Crippen LogP contribution in [-0.4, -0.2) is 45.9 Å². The molecular weight excluding hydrogens is 328 g/mol. The third kappa shape index (κ3) is 4.70. The number of carbonyl (C=O) groups is 1. The molecule has 1 aliphatic heterocycles. The van der Waals surface area contributed by atoms with Gasteiger partial charge < -0.3 is 10.1 Å². The number of anilines is 1. The van der Waals surface area contributed by atoms with Crippen LogP contribution >= 0.6 is 0 Å². The average Bonchev–Trinajstić information content (AvgIpc) is 2.95. The topological polar surface area (TPSA) is 75.7 Å². The second kappa shape index (κ2) is 7.53. The van der Waals surface area contributed by atoms with E-state index in [1.165, 1.54) is 4.31 Å². The third-order valence-corrected chi connectivity index (χ3v) is 5.32. The van der Waals surface area contributed by atoms with Crippen LogP contribution in [0.15, 0.2) is 18.2 Å². The number of nitrogens with zero attached hydrogens (tertiary/aromatic N) is 1. The molecule has 0 spiro atoms. The Labute approximate surface area is 144 Å². The minimum absolute atomic E-state index is 0.0223. The van der Waals surface area contributed by atoms with Crippen LogP contribution < -0.4 is 9.62 Å². The zero-order valence-corrected chi connectivity index (χ0v) is 15.5. The van der Waals surface area contributed by atoms with Crippen LogP contribution in [0.5, 0.6) is 0 Å². The number of sulfonamides is 1. The molecule has 0 radical (unpaired) electrons. The first kappa shape index (κ1) is 18.7. The molecule has 0 unspecified atom stereocenters. The van der Waals surface area contributed by atoms with Gasteiger partial charge >= 0.3 is 0 Å². The first-order valence-corrected chi connectivity index (χ1v) is 10.0. The summed E-state index contributed by atoms with van der Waals surface area (Å²) in [4.78, 5) is 12.5. The molecule has 1 aromatic carbocycles. The van der Waals surface area contributed by atoms with Gasteiger partial charge in [0.2, 0.25) is 15.9 Å². The molecule has 1 aromatic rings. The molecule has 6 nitrogen and oxygen atoms in total. The standard InChI is InChI=1S/C17H26N2O4S/c1-12-8-13(2)10-15(9-12)19(24(4,21)22)14(3)17(20)18-11-16-6-5-7-23-16/h8-10,14,16H,5-7,11H2,1-4H3,(H,18,20)/t14-,16-/m1/s1. The van der Waals surface area contributed by atoms with Crippen LogP contribution in [0.25, 0.3) is 0 Å². The molecule has 1 aliphatic rings. The van der Waals surface area contributed by atoms with E-state index in [1.54, 1.807) is 19.1 Å². The molecule has 1 saturated heterocycles. The minimum atomic E-state index is -3.59. The van der Waals surface area contributed by atoms with E-state index in [9.17, 15) is 13.2 Å². The van der Waals surface area contributed by atoms with Gasteiger partial charge in [-0.25, -0.2) is 8.42 Å². The summed E-state index contributed by atoms with van der Waals surface area (Å²) in [5, 5.41) is 2.81. The van der Waals surface area contributed by atoms with Gasteiger partial charge in [-0.15, -0.1) is 0 Å². The number of benzene rings is 1. The highest BCUT2D eigenvalue weighted by Gasteiger charge is 2.30. The number of nitrogens with one attached hydrogen (secondary N) is 1. The molecule has 7 heteroatoms. The van der Waals surface area contributed by atoms with Crippen molar-refractivity contribution in [2.45, 2.75) is 45.8 Å². The van der Waals surface area contributed by atoms with Gasteiger partial charge in [0.15, 0.2) is 0 Å². The van der Waals surface area contributed by atoms with E-state index in [0.29, 0.717) is 18.8 Å². The Hall–Kier alpha value is -1.60. The molecule has 2 atom stereocenters. The molecule has 24 heavy (non-hydrogen) atoms. The summed E-state index contributed by atoms with van der Waals surface area (Å²) < 4.78 is 31.2. The van der Waals surface area contributed by atoms with Gasteiger partial charge in [0.05, 0.1) is 18.0 Å². The maximum Gasteiger partial charge on any atom is 0.243 e. The van der Waals surface area contributed by atoms with Crippen LogP contribution in [-0.2, 0) is 19.6 Å². The second-order valence-electron chi connectivity index (χ2n) is 6.46. The molecule has 0 aliphatic carbocycles. The van der Waals surface area contributed by atoms with E-state index in [2.05, 4.69) is 5.32 Å². The summed E-state index contributed by atoms with van der Waals surface area (Å²) in [7, 11) is -3.59. The molecule has 0 saturated carbocycles. The average molecular weight is 354 g/mol. The van der Waals surface area contributed by atoms with Gasteiger partial charge in [-0.05, 0) is 56.9 Å². The second-order valence-corrected chi connectivity index (χ2v) is 8.32. The fourth-order valence-corrected chi connectivity index (χ4v) is 4.21. The van der Waals surface area contributed by atoms with Crippen LogP contribution in [0, 0.1) is 13.8 Å². The number of rotatable bonds is 6. The fourth-order valence-electron chi connectivity index (χ4n) is 3.05. The van der Waals surface area contributed by atoms with E-state index < -0.39 is 16.1 Å². The molecule has 1 N–H and O–H groups in total. The van der Waals surface area contributed by atoms with Gasteiger partial charge in [-0.3, -0.25) is 9.10 Å². The quantitative estimate of drug-likeness (QED) is 0.844. The SMILES string of the molecule is Cc1cc(C)cc(N([C@H](C)C(=O)NC[C@H]2CCCO2)S(C)(=O)=O)c1. The summed E-state index contributed by atoms with van der Waals surface area (Å²) in [5.74, 6) is -0.324. The Balaban J connectivity index is 2.18. The highest BCUT2D eigenvalue weighted by atomic mass is 32.2. The summed E-state index contributed by atoms with van der Waals surface area (Å²) >= 11 is 0. The van der Waals surface area contributed by atoms with Crippen LogP contribution in [0.2, 0.25) is 0 Å². The number of amides is 1. The van der Waals surface area contributed by atoms with Crippen molar-refractivity contribution in [3.05, 3.63) is 29.3 Å². The predicted octanol–water partition coefficient (Wildman–Crippen LogP) is 1.75. The number of aryl methyl sites for hydroxylation is 2. The molecule has 1 heterocycles. The zero-order chi connectivity index (χ0) is 17.9. The number of carbonyl (C=O) groups excluding carboxylic acids is 1. The monoisotopic (exact) mass is 354 g/mol. The Morgan fingerprint density at radius 3 is 2.46 bits per heavy atom. The van der Waals surface area contributed by atoms with E-state index in [-0.39, 0.29) is 12.0 Å². The molecule has 0 bridgehead atoms. The van der Waals surface area contributed by atoms with Crippen molar-refractivity contribution in [3.8, 4) is 0 Å². The predicted molar refractivity (Wildman–Crippen MR) is 94.7 cm³/mol. The van der Waals surface area contributed by atoms with E-state index in [4.69, 9.17) is 4.74 Å². The summed E-state index contributed by atoms with van der Waals surface area (Å²) in [5.41, 5.74) is 2.41. The maximum atomic E-state index is 12.5. The van der Waals surface area contributed by atoms with Crippen molar-refractivity contribution in [1.29, 1.82) is 0 Å². The summed E-state index contributed by atoms with van der Waals surface area (Å²) in [6.07, 6.45) is 3.05. The Morgan fingerprint density at radius 2 is 1.96 bits per heavy atom. The van der Waals surface area contributed by atoms with Crippen LogP contribution in [0.1, 0.15) is 30.9 Å². The Morgan fingerprint density at radius 1 is 1.33 bits per heavy atom. The number of hydrogen-bond acceptors (Lipinski definition) is 4. The molecule has 134 valence electrons. The number of ether oxygens (including phenoxy) is 1. The van der Waals surface area contributed by atoms with Crippen molar-refractivity contribution in [2.24, 2.45) is 0 Å². The molecule has 0 aromatic heterocycles. The molecule has 1 fully saturated rings. The first-order chi connectivity index (χ1) is 11.2. The van der Waals surface area contributed by atoms with Gasteiger partial charge in [0.1, 0.15) is 6.04 Å². The van der Waals surface area contributed by atoms with E-state index >= 15 is 0 Å². The fraction of sp³-hybridized carbons (Fsp3) is 0.588. The van der Waals surface area contributed by atoms with Gasteiger partial charge in [-0.2, -0.15) is 0 Å². The molecular formula is C17H26N2O4S. The highest BCUT2D eigenvalue weighted by Crippen LogP contribution is 2.24. The van der Waals surface area contributed by atoms with Crippen molar-refractivity contribution in [2.75, 3.05) is 23.7 Å². The first-order valence-electron chi connectivity index (χ1n) is 8.15. The van der Waals surface area contributed by atoms with Gasteiger partial charge in [-0.1, -0.05) is 6.07 Å². The van der Waals surface area contributed by atoms with Gasteiger partial charge in [0.25, 0.3) is 0 Å². The third-order valence-electron chi connectivity index (χ3n) is 4.08. The lowest BCUT2D eigenvalue weighted by molar-refractivity contribution is -0.122. The van der Waals surface area contributed by atoms with Crippen molar-refractivity contribution < 1.29 is 17.9 Å². The Bertz CT molecular complexity index is 676. The van der Waals surface area contributed by atoms with Crippen LogP contribution in [0.4, 0.5) is 5.69 Å². The van der Waals surface area contributed by atoms with Crippen molar-refractivity contribution >= 4 is 21.6 Å². The molecule has 2 rings (SSSR count). The Kier molecular flexibility index (Phi) is 5.87. The lowest BCUT2D eigenvalue weighted by Crippen LogP contribution is -2.49. The van der Waals surface area contributed by atoms with E-state index in [0.717, 1.165) is 30.2 Å². The molecule has 1 amide bonds. The lowest BCUT2D eigenvalue weighted by Gasteiger charge is -2.29. The zero-order valence-electron chi connectivity index (χ0n) is 14.7. The number of hydrogen-bond donors (Lipinski definition) is 1. The largest absolute Gasteiger partial charge is 0.376 e. The summed E-state index contributed by atoms with van der Waals surface area (Å²) in [6, 6.07) is 4.68. The normalized spacial score (nSPS) is 19.1. The van der Waals surface area contributed by atoms with Crippen molar-refractivity contribution in [3.63, 3.8) is 0 Å². The van der Waals surface area contributed by atoms with Crippen LogP contribution in [0.3, 0.4) is 0 Å². The van der Waals surface area contributed by atoms with Gasteiger partial charge in [0, 0.05) is 13.2 Å². The van der Waals surface area contributed by atoms with Crippen molar-refractivity contribution in [1.82, 2.24) is 5.32 Å².